The summed E-state index contributed by atoms with van der Waals surface area (Å²) in [7, 11) is -0.140. The summed E-state index contributed by atoms with van der Waals surface area (Å²) in [4.78, 5) is 19.6. The van der Waals surface area contributed by atoms with Crippen molar-refractivity contribution in [3.63, 3.8) is 0 Å². The SMILES string of the molecule is CC1(C)OB(C2CCN(C(=O)N3CCN4CCCC4C3)CC2)OC1(C)C. The maximum atomic E-state index is 12.9. The van der Waals surface area contributed by atoms with Crippen LogP contribution >= 0.6 is 0 Å². The fourth-order valence-corrected chi connectivity index (χ4v) is 4.81. The first-order chi connectivity index (χ1) is 12.3. The quantitative estimate of drug-likeness (QED) is 0.672. The molecule has 4 saturated heterocycles. The monoisotopic (exact) mass is 363 g/mol. The Balaban J connectivity index is 1.29. The van der Waals surface area contributed by atoms with Gasteiger partial charge in [0.2, 0.25) is 0 Å². The van der Waals surface area contributed by atoms with Gasteiger partial charge in [-0.2, -0.15) is 0 Å². The number of hydrogen-bond acceptors (Lipinski definition) is 4. The molecule has 0 N–H and O–H groups in total. The zero-order valence-electron chi connectivity index (χ0n) is 16.9. The molecule has 1 unspecified atom stereocenters. The highest BCUT2D eigenvalue weighted by atomic mass is 16.7. The number of nitrogens with zero attached hydrogens (tertiary/aromatic N) is 3. The highest BCUT2D eigenvalue weighted by Gasteiger charge is 2.54. The van der Waals surface area contributed by atoms with Crippen molar-refractivity contribution in [2.75, 3.05) is 39.3 Å². The van der Waals surface area contributed by atoms with Gasteiger partial charge in [0.05, 0.1) is 11.2 Å². The van der Waals surface area contributed by atoms with E-state index in [4.69, 9.17) is 9.31 Å². The van der Waals surface area contributed by atoms with Gasteiger partial charge in [-0.15, -0.1) is 0 Å². The molecule has 0 aliphatic carbocycles. The molecule has 0 saturated carbocycles. The van der Waals surface area contributed by atoms with Gasteiger partial charge < -0.3 is 19.1 Å². The number of rotatable bonds is 1. The van der Waals surface area contributed by atoms with Gasteiger partial charge in [0.25, 0.3) is 0 Å². The Morgan fingerprint density at radius 2 is 1.54 bits per heavy atom. The lowest BCUT2D eigenvalue weighted by Crippen LogP contribution is -2.56. The van der Waals surface area contributed by atoms with Crippen LogP contribution in [-0.4, -0.2) is 84.4 Å². The normalized spacial score (nSPS) is 32.2. The van der Waals surface area contributed by atoms with Crippen molar-refractivity contribution < 1.29 is 14.1 Å². The molecule has 0 aromatic heterocycles. The molecule has 4 heterocycles. The van der Waals surface area contributed by atoms with Gasteiger partial charge in [-0.25, -0.2) is 4.79 Å². The van der Waals surface area contributed by atoms with E-state index in [0.717, 1.165) is 45.6 Å². The first-order valence-electron chi connectivity index (χ1n) is 10.4. The molecule has 4 aliphatic rings. The molecule has 4 fully saturated rings. The molecular formula is C19H34BN3O3. The van der Waals surface area contributed by atoms with E-state index in [0.29, 0.717) is 11.9 Å². The van der Waals surface area contributed by atoms with Gasteiger partial charge in [0, 0.05) is 38.8 Å². The van der Waals surface area contributed by atoms with Crippen LogP contribution in [0.1, 0.15) is 53.4 Å². The minimum absolute atomic E-state index is 0.140. The Kier molecular flexibility index (Phi) is 4.77. The van der Waals surface area contributed by atoms with E-state index in [1.165, 1.54) is 19.4 Å². The second-order valence-electron chi connectivity index (χ2n) is 9.51. The number of likely N-dealkylation sites (tertiary alicyclic amines) is 1. The van der Waals surface area contributed by atoms with Crippen LogP contribution in [0.25, 0.3) is 0 Å². The Hall–Kier alpha value is -0.785. The first-order valence-corrected chi connectivity index (χ1v) is 10.4. The predicted octanol–water partition coefficient (Wildman–Crippen LogP) is 2.44. The predicted molar refractivity (Wildman–Crippen MR) is 102 cm³/mol. The fraction of sp³-hybridized carbons (Fsp3) is 0.947. The van der Waals surface area contributed by atoms with E-state index in [2.05, 4.69) is 37.5 Å². The third-order valence-electron chi connectivity index (χ3n) is 7.32. The van der Waals surface area contributed by atoms with E-state index < -0.39 is 0 Å². The number of urea groups is 1. The van der Waals surface area contributed by atoms with Crippen molar-refractivity contribution in [3.8, 4) is 0 Å². The molecule has 4 aliphatic heterocycles. The van der Waals surface area contributed by atoms with Crippen LogP contribution in [0.4, 0.5) is 4.79 Å². The lowest BCUT2D eigenvalue weighted by Gasteiger charge is -2.41. The van der Waals surface area contributed by atoms with Crippen LogP contribution in [0.5, 0.6) is 0 Å². The molecule has 0 aromatic rings. The van der Waals surface area contributed by atoms with Crippen molar-refractivity contribution in [1.82, 2.24) is 14.7 Å². The summed E-state index contributed by atoms with van der Waals surface area (Å²) in [6.07, 6.45) is 4.46. The smallest absolute Gasteiger partial charge is 0.403 e. The average molecular weight is 363 g/mol. The third-order valence-corrected chi connectivity index (χ3v) is 7.32. The molecular weight excluding hydrogens is 329 g/mol. The lowest BCUT2D eigenvalue weighted by atomic mass is 9.67. The van der Waals surface area contributed by atoms with E-state index >= 15 is 0 Å². The second kappa shape index (κ2) is 6.68. The molecule has 146 valence electrons. The van der Waals surface area contributed by atoms with Gasteiger partial charge in [0.15, 0.2) is 0 Å². The zero-order chi connectivity index (χ0) is 18.5. The fourth-order valence-electron chi connectivity index (χ4n) is 4.81. The Bertz CT molecular complexity index is 532. The number of piperidine rings is 1. The summed E-state index contributed by atoms with van der Waals surface area (Å²) >= 11 is 0. The molecule has 4 rings (SSSR count). The highest BCUT2D eigenvalue weighted by molar-refractivity contribution is 6.47. The molecule has 0 bridgehead atoms. The minimum Gasteiger partial charge on any atom is -0.403 e. The molecule has 26 heavy (non-hydrogen) atoms. The largest absolute Gasteiger partial charge is 0.461 e. The maximum absolute atomic E-state index is 12.9. The van der Waals surface area contributed by atoms with Crippen LogP contribution in [0.2, 0.25) is 5.82 Å². The average Bonchev–Trinajstić information content (AvgIpc) is 3.15. The summed E-state index contributed by atoms with van der Waals surface area (Å²) in [5.41, 5.74) is -0.544. The van der Waals surface area contributed by atoms with E-state index in [1.807, 2.05) is 4.90 Å². The lowest BCUT2D eigenvalue weighted by molar-refractivity contribution is 0.00578. The maximum Gasteiger partial charge on any atom is 0.461 e. The number of carbonyl (C=O) groups is 1. The van der Waals surface area contributed by atoms with E-state index in [1.54, 1.807) is 0 Å². The van der Waals surface area contributed by atoms with Crippen LogP contribution in [0.15, 0.2) is 0 Å². The Morgan fingerprint density at radius 1 is 0.885 bits per heavy atom. The van der Waals surface area contributed by atoms with Crippen LogP contribution in [0, 0.1) is 0 Å². The van der Waals surface area contributed by atoms with Crippen molar-refractivity contribution in [3.05, 3.63) is 0 Å². The molecule has 0 radical (unpaired) electrons. The van der Waals surface area contributed by atoms with Crippen molar-refractivity contribution in [2.45, 2.75) is 76.4 Å². The Labute approximate surface area is 158 Å². The first kappa shape index (κ1) is 18.6. The number of amides is 2. The van der Waals surface area contributed by atoms with Crippen molar-refractivity contribution in [2.24, 2.45) is 0 Å². The van der Waals surface area contributed by atoms with Gasteiger partial charge in [0.1, 0.15) is 0 Å². The number of hydrogen-bond donors (Lipinski definition) is 0. The molecule has 6 nitrogen and oxygen atoms in total. The van der Waals surface area contributed by atoms with E-state index in [9.17, 15) is 4.79 Å². The summed E-state index contributed by atoms with van der Waals surface area (Å²) in [6, 6.07) is 0.832. The Morgan fingerprint density at radius 3 is 2.19 bits per heavy atom. The van der Waals surface area contributed by atoms with Gasteiger partial charge in [-0.05, 0) is 65.7 Å². The number of piperazine rings is 1. The van der Waals surface area contributed by atoms with Crippen molar-refractivity contribution in [1.29, 1.82) is 0 Å². The molecule has 0 spiro atoms. The van der Waals surface area contributed by atoms with Crippen LogP contribution in [-0.2, 0) is 9.31 Å². The summed E-state index contributed by atoms with van der Waals surface area (Å²) in [5, 5.41) is 0. The summed E-state index contributed by atoms with van der Waals surface area (Å²) in [6.45, 7) is 14.1. The summed E-state index contributed by atoms with van der Waals surface area (Å²) in [5.74, 6) is 0.381. The van der Waals surface area contributed by atoms with Gasteiger partial charge in [-0.3, -0.25) is 4.90 Å². The molecule has 1 atom stereocenters. The highest BCUT2D eigenvalue weighted by Crippen LogP contribution is 2.42. The summed E-state index contributed by atoms with van der Waals surface area (Å²) < 4.78 is 12.4. The van der Waals surface area contributed by atoms with Crippen LogP contribution in [0.3, 0.4) is 0 Å². The number of fused-ring (bicyclic) bond motifs is 1. The molecule has 7 heteroatoms. The minimum atomic E-state index is -0.272. The third kappa shape index (κ3) is 3.27. The standard InChI is InChI=1S/C19H34BN3O3/c1-18(2)19(3,4)26-20(25-18)15-7-10-22(11-8-15)17(24)23-13-12-21-9-5-6-16(21)14-23/h15-16H,5-14H2,1-4H3. The molecule has 0 aromatic carbocycles. The second-order valence-corrected chi connectivity index (χ2v) is 9.51. The van der Waals surface area contributed by atoms with Gasteiger partial charge in [-0.1, -0.05) is 0 Å². The van der Waals surface area contributed by atoms with Crippen LogP contribution < -0.4 is 0 Å². The van der Waals surface area contributed by atoms with E-state index in [-0.39, 0.29) is 24.4 Å². The molecule has 2 amide bonds. The number of carbonyl (C=O) groups excluding carboxylic acids is 1. The van der Waals surface area contributed by atoms with Crippen molar-refractivity contribution >= 4 is 13.1 Å². The zero-order valence-corrected chi connectivity index (χ0v) is 16.9. The van der Waals surface area contributed by atoms with Gasteiger partial charge >= 0.3 is 13.1 Å². The topological polar surface area (TPSA) is 45.2 Å².